The molecule has 7 heteroatoms. The molecule has 0 aliphatic rings. The Morgan fingerprint density at radius 1 is 1.47 bits per heavy atom. The third-order valence-corrected chi connectivity index (χ3v) is 2.56. The molecule has 0 fully saturated rings. The van der Waals surface area contributed by atoms with Crippen molar-refractivity contribution in [1.29, 1.82) is 0 Å². The van der Waals surface area contributed by atoms with E-state index in [1.54, 1.807) is 20.8 Å². The third-order valence-electron chi connectivity index (χ3n) is 2.56. The fourth-order valence-electron chi connectivity index (χ4n) is 1.72. The molecule has 1 aromatic rings. The van der Waals surface area contributed by atoms with E-state index in [0.717, 1.165) is 0 Å². The van der Waals surface area contributed by atoms with Crippen molar-refractivity contribution in [3.63, 3.8) is 0 Å². The van der Waals surface area contributed by atoms with Gasteiger partial charge in [-0.25, -0.2) is 0 Å². The standard InChI is InChI=1S/C12H18N2O5/c1-4-18-9(5-10(15)16)6-13-12(17)11-7(2)14-19-8(11)3/h9H,4-6H2,1-3H3,(H,13,17)(H,15,16). The molecule has 2 N–H and O–H groups in total. The fourth-order valence-corrected chi connectivity index (χ4v) is 1.72. The number of carboxylic acid groups (broad SMARTS) is 1. The smallest absolute Gasteiger partial charge is 0.306 e. The first-order valence-corrected chi connectivity index (χ1v) is 6.00. The van der Waals surface area contributed by atoms with Gasteiger partial charge in [0.15, 0.2) is 0 Å². The molecule has 19 heavy (non-hydrogen) atoms. The summed E-state index contributed by atoms with van der Waals surface area (Å²) in [4.78, 5) is 22.6. The van der Waals surface area contributed by atoms with Crippen LogP contribution in [0.25, 0.3) is 0 Å². The van der Waals surface area contributed by atoms with Gasteiger partial charge in [-0.2, -0.15) is 0 Å². The molecule has 0 bridgehead atoms. The molecule has 1 rings (SSSR count). The Labute approximate surface area is 110 Å². The first kappa shape index (κ1) is 15.2. The van der Waals surface area contributed by atoms with Gasteiger partial charge < -0.3 is 19.7 Å². The SMILES string of the molecule is CCOC(CNC(=O)c1c(C)noc1C)CC(=O)O. The Kier molecular flexibility index (Phi) is 5.50. The fraction of sp³-hybridized carbons (Fsp3) is 0.583. The van der Waals surface area contributed by atoms with E-state index in [1.807, 2.05) is 0 Å². The number of aliphatic carboxylic acids is 1. The number of aromatic nitrogens is 1. The third kappa shape index (κ3) is 4.36. The van der Waals surface area contributed by atoms with E-state index >= 15 is 0 Å². The number of carboxylic acids is 1. The lowest BCUT2D eigenvalue weighted by molar-refractivity contribution is -0.140. The van der Waals surface area contributed by atoms with Crippen molar-refractivity contribution in [3.05, 3.63) is 17.0 Å². The summed E-state index contributed by atoms with van der Waals surface area (Å²) < 4.78 is 10.1. The number of ether oxygens (including phenoxy) is 1. The minimum Gasteiger partial charge on any atom is -0.481 e. The highest BCUT2D eigenvalue weighted by Crippen LogP contribution is 2.11. The molecule has 1 atom stereocenters. The van der Waals surface area contributed by atoms with Crippen LogP contribution < -0.4 is 5.32 Å². The number of hydrogen-bond donors (Lipinski definition) is 2. The second kappa shape index (κ2) is 6.89. The van der Waals surface area contributed by atoms with Crippen molar-refractivity contribution in [3.8, 4) is 0 Å². The van der Waals surface area contributed by atoms with Gasteiger partial charge in [-0.3, -0.25) is 9.59 Å². The second-order valence-corrected chi connectivity index (χ2v) is 4.08. The van der Waals surface area contributed by atoms with Gasteiger partial charge in [0.2, 0.25) is 0 Å². The second-order valence-electron chi connectivity index (χ2n) is 4.08. The van der Waals surface area contributed by atoms with Gasteiger partial charge in [0.05, 0.1) is 18.2 Å². The predicted molar refractivity (Wildman–Crippen MR) is 66.0 cm³/mol. The molecule has 1 aromatic heterocycles. The molecule has 0 saturated heterocycles. The number of aryl methyl sites for hydroxylation is 2. The average Bonchev–Trinajstić information content (AvgIpc) is 2.65. The maximum Gasteiger partial charge on any atom is 0.306 e. The normalized spacial score (nSPS) is 12.2. The molecule has 0 spiro atoms. The lowest BCUT2D eigenvalue weighted by Gasteiger charge is -2.15. The van der Waals surface area contributed by atoms with E-state index in [2.05, 4.69) is 10.5 Å². The number of nitrogens with one attached hydrogen (secondary N) is 1. The highest BCUT2D eigenvalue weighted by atomic mass is 16.5. The van der Waals surface area contributed by atoms with Gasteiger partial charge in [0, 0.05) is 13.2 Å². The maximum atomic E-state index is 11.9. The maximum absolute atomic E-state index is 11.9. The van der Waals surface area contributed by atoms with Crippen molar-refractivity contribution in [1.82, 2.24) is 10.5 Å². The topological polar surface area (TPSA) is 102 Å². The minimum atomic E-state index is -0.968. The van der Waals surface area contributed by atoms with Crippen molar-refractivity contribution in [2.45, 2.75) is 33.3 Å². The number of carbonyl (C=O) groups excluding carboxylic acids is 1. The first-order valence-electron chi connectivity index (χ1n) is 6.00. The van der Waals surface area contributed by atoms with Crippen LogP contribution >= 0.6 is 0 Å². The van der Waals surface area contributed by atoms with Crippen LogP contribution in [0.2, 0.25) is 0 Å². The lowest BCUT2D eigenvalue weighted by atomic mass is 10.2. The van der Waals surface area contributed by atoms with E-state index in [9.17, 15) is 9.59 Å². The summed E-state index contributed by atoms with van der Waals surface area (Å²) in [6.07, 6.45) is -0.706. The zero-order valence-corrected chi connectivity index (χ0v) is 11.2. The number of rotatable bonds is 7. The molecular formula is C12H18N2O5. The van der Waals surface area contributed by atoms with E-state index < -0.39 is 12.1 Å². The first-order chi connectivity index (χ1) is 8.95. The highest BCUT2D eigenvalue weighted by Gasteiger charge is 2.19. The Morgan fingerprint density at radius 2 is 2.16 bits per heavy atom. The Morgan fingerprint density at radius 3 is 2.63 bits per heavy atom. The van der Waals surface area contributed by atoms with Crippen molar-refractivity contribution >= 4 is 11.9 Å². The molecule has 0 aromatic carbocycles. The van der Waals surface area contributed by atoms with Crippen LogP contribution in [0.3, 0.4) is 0 Å². The van der Waals surface area contributed by atoms with Crippen molar-refractivity contribution < 1.29 is 24.0 Å². The lowest BCUT2D eigenvalue weighted by Crippen LogP contribution is -2.35. The summed E-state index contributed by atoms with van der Waals surface area (Å²) in [6.45, 7) is 5.60. The van der Waals surface area contributed by atoms with Crippen LogP contribution in [-0.2, 0) is 9.53 Å². The van der Waals surface area contributed by atoms with Gasteiger partial charge in [0.1, 0.15) is 11.3 Å². The van der Waals surface area contributed by atoms with Crippen LogP contribution in [-0.4, -0.2) is 41.4 Å². The van der Waals surface area contributed by atoms with E-state index in [1.165, 1.54) is 0 Å². The minimum absolute atomic E-state index is 0.128. The van der Waals surface area contributed by atoms with E-state index in [0.29, 0.717) is 23.6 Å². The quantitative estimate of drug-likeness (QED) is 0.763. The van der Waals surface area contributed by atoms with Crippen molar-refractivity contribution in [2.24, 2.45) is 0 Å². The Hall–Kier alpha value is -1.89. The van der Waals surface area contributed by atoms with Crippen LogP contribution in [0.1, 0.15) is 35.2 Å². The summed E-state index contributed by atoms with van der Waals surface area (Å²) in [5.74, 6) is -0.877. The summed E-state index contributed by atoms with van der Waals surface area (Å²) >= 11 is 0. The van der Waals surface area contributed by atoms with Gasteiger partial charge in [-0.05, 0) is 20.8 Å². The molecule has 1 unspecified atom stereocenters. The molecular weight excluding hydrogens is 252 g/mol. The zero-order valence-electron chi connectivity index (χ0n) is 11.2. The number of nitrogens with zero attached hydrogens (tertiary/aromatic N) is 1. The van der Waals surface area contributed by atoms with Crippen LogP contribution in [0, 0.1) is 13.8 Å². The van der Waals surface area contributed by atoms with Gasteiger partial charge in [-0.1, -0.05) is 5.16 Å². The summed E-state index contributed by atoms with van der Waals surface area (Å²) in [5.41, 5.74) is 0.881. The summed E-state index contributed by atoms with van der Waals surface area (Å²) in [5, 5.41) is 15.0. The number of hydrogen-bond acceptors (Lipinski definition) is 5. The molecule has 1 amide bonds. The zero-order chi connectivity index (χ0) is 14.4. The molecule has 1 heterocycles. The van der Waals surface area contributed by atoms with Gasteiger partial charge in [-0.15, -0.1) is 0 Å². The number of amides is 1. The van der Waals surface area contributed by atoms with Crippen molar-refractivity contribution in [2.75, 3.05) is 13.2 Å². The van der Waals surface area contributed by atoms with Gasteiger partial charge in [0.25, 0.3) is 5.91 Å². The molecule has 0 saturated carbocycles. The monoisotopic (exact) mass is 270 g/mol. The Balaban J connectivity index is 2.59. The van der Waals surface area contributed by atoms with E-state index in [-0.39, 0.29) is 18.9 Å². The highest BCUT2D eigenvalue weighted by molar-refractivity contribution is 5.96. The van der Waals surface area contributed by atoms with Crippen LogP contribution in [0.15, 0.2) is 4.52 Å². The predicted octanol–water partition coefficient (Wildman–Crippen LogP) is 0.901. The average molecular weight is 270 g/mol. The summed E-state index contributed by atoms with van der Waals surface area (Å²) in [6, 6.07) is 0. The molecule has 0 aliphatic heterocycles. The van der Waals surface area contributed by atoms with Gasteiger partial charge >= 0.3 is 5.97 Å². The largest absolute Gasteiger partial charge is 0.481 e. The Bertz CT molecular complexity index is 435. The summed E-state index contributed by atoms with van der Waals surface area (Å²) in [7, 11) is 0. The van der Waals surface area contributed by atoms with E-state index in [4.69, 9.17) is 14.4 Å². The molecule has 0 aliphatic carbocycles. The molecule has 106 valence electrons. The molecule has 7 nitrogen and oxygen atoms in total. The van der Waals surface area contributed by atoms with Crippen LogP contribution in [0.5, 0.6) is 0 Å². The number of carbonyl (C=O) groups is 2. The molecule has 0 radical (unpaired) electrons. The van der Waals surface area contributed by atoms with Crippen LogP contribution in [0.4, 0.5) is 0 Å².